The van der Waals surface area contributed by atoms with Crippen molar-refractivity contribution >= 4 is 16.5 Å². The van der Waals surface area contributed by atoms with Gasteiger partial charge in [0.15, 0.2) is 0 Å². The zero-order valence-corrected chi connectivity index (χ0v) is 12.8. The third-order valence-electron chi connectivity index (χ3n) is 5.27. The van der Waals surface area contributed by atoms with E-state index in [1.807, 2.05) is 31.2 Å². The van der Waals surface area contributed by atoms with E-state index in [1.165, 1.54) is 5.69 Å². The molecular formula is C19H20N2O. The maximum Gasteiger partial charge on any atom is 0.0998 e. The van der Waals surface area contributed by atoms with Gasteiger partial charge in [-0.15, -0.1) is 0 Å². The molecule has 22 heavy (non-hydrogen) atoms. The average Bonchev–Trinajstić information content (AvgIpc) is 2.78. The molecule has 4 rings (SSSR count). The lowest BCUT2D eigenvalue weighted by molar-refractivity contribution is 0.0200. The fourth-order valence-corrected chi connectivity index (χ4v) is 4.46. The first-order valence-electron chi connectivity index (χ1n) is 8.02. The third-order valence-corrected chi connectivity index (χ3v) is 5.27. The van der Waals surface area contributed by atoms with E-state index in [4.69, 9.17) is 0 Å². The lowest BCUT2D eigenvalue weighted by Gasteiger charge is -2.44. The number of nitrogens with zero attached hydrogens (tertiary/aromatic N) is 2. The summed E-state index contributed by atoms with van der Waals surface area (Å²) in [7, 11) is 0. The van der Waals surface area contributed by atoms with Gasteiger partial charge in [-0.1, -0.05) is 24.3 Å². The Morgan fingerprint density at radius 1 is 1.09 bits per heavy atom. The predicted octanol–water partition coefficient (Wildman–Crippen LogP) is 3.59. The predicted molar refractivity (Wildman–Crippen MR) is 87.8 cm³/mol. The van der Waals surface area contributed by atoms with Crippen LogP contribution >= 0.6 is 0 Å². The zero-order chi connectivity index (χ0) is 15.3. The van der Waals surface area contributed by atoms with Crippen molar-refractivity contribution in [2.75, 3.05) is 4.90 Å². The zero-order valence-electron chi connectivity index (χ0n) is 12.8. The Morgan fingerprint density at radius 3 is 2.36 bits per heavy atom. The second-order valence-electron chi connectivity index (χ2n) is 6.99. The molecule has 0 aromatic heterocycles. The summed E-state index contributed by atoms with van der Waals surface area (Å²) in [5.74, 6) is 0. The van der Waals surface area contributed by atoms with Gasteiger partial charge < -0.3 is 10.0 Å². The normalized spacial score (nSPS) is 30.5. The molecule has 3 nitrogen and oxygen atoms in total. The Bertz CT molecular complexity index is 759. The molecule has 2 saturated heterocycles. The van der Waals surface area contributed by atoms with Gasteiger partial charge in [0.2, 0.25) is 0 Å². The van der Waals surface area contributed by atoms with Crippen LogP contribution in [-0.4, -0.2) is 22.8 Å². The van der Waals surface area contributed by atoms with Crippen molar-refractivity contribution in [3.05, 3.63) is 42.0 Å². The second-order valence-corrected chi connectivity index (χ2v) is 6.99. The van der Waals surface area contributed by atoms with Gasteiger partial charge in [0, 0.05) is 28.5 Å². The maximum atomic E-state index is 10.4. The number of hydrogen-bond donors (Lipinski definition) is 1. The molecule has 0 unspecified atom stereocenters. The second kappa shape index (κ2) is 4.72. The van der Waals surface area contributed by atoms with Crippen molar-refractivity contribution in [2.24, 2.45) is 0 Å². The molecule has 2 bridgehead atoms. The summed E-state index contributed by atoms with van der Waals surface area (Å²) in [5, 5.41) is 22.0. The first-order valence-corrected chi connectivity index (χ1v) is 8.02. The summed E-state index contributed by atoms with van der Waals surface area (Å²) in [4.78, 5) is 2.50. The van der Waals surface area contributed by atoms with E-state index in [0.29, 0.717) is 12.1 Å². The van der Waals surface area contributed by atoms with Crippen molar-refractivity contribution in [1.82, 2.24) is 0 Å². The molecule has 3 heteroatoms. The molecule has 0 saturated carbocycles. The van der Waals surface area contributed by atoms with Crippen molar-refractivity contribution in [3.63, 3.8) is 0 Å². The standard InChI is InChI=1S/C19H20N2O/c1-19(22)10-14-7-8-15(11-19)21(14)18-9-6-13(12-20)16-4-2-3-5-17(16)18/h2-6,9,14-15,22H,7-8,10-11H2,1H3/t14-,15+,19-. The number of hydrogen-bond acceptors (Lipinski definition) is 3. The van der Waals surface area contributed by atoms with E-state index in [1.54, 1.807) is 0 Å². The number of piperidine rings is 1. The largest absolute Gasteiger partial charge is 0.390 e. The van der Waals surface area contributed by atoms with Gasteiger partial charge in [-0.25, -0.2) is 0 Å². The van der Waals surface area contributed by atoms with Crippen LogP contribution in [0.3, 0.4) is 0 Å². The van der Waals surface area contributed by atoms with E-state index in [2.05, 4.69) is 23.1 Å². The smallest absolute Gasteiger partial charge is 0.0998 e. The lowest BCUT2D eigenvalue weighted by atomic mass is 9.87. The van der Waals surface area contributed by atoms with Crippen molar-refractivity contribution in [3.8, 4) is 6.07 Å². The minimum Gasteiger partial charge on any atom is -0.390 e. The van der Waals surface area contributed by atoms with Crippen LogP contribution in [0.1, 0.15) is 38.2 Å². The first-order chi connectivity index (χ1) is 10.6. The molecule has 0 spiro atoms. The minimum atomic E-state index is -0.537. The SMILES string of the molecule is C[C@@]1(O)C[C@H]2CC[C@@H](C1)N2c1ccc(C#N)c2ccccc12. The number of aliphatic hydroxyl groups is 1. The molecule has 2 heterocycles. The van der Waals surface area contributed by atoms with Crippen LogP contribution in [0.2, 0.25) is 0 Å². The van der Waals surface area contributed by atoms with Crippen molar-refractivity contribution in [2.45, 2.75) is 50.3 Å². The van der Waals surface area contributed by atoms with Crippen LogP contribution in [0.5, 0.6) is 0 Å². The summed E-state index contributed by atoms with van der Waals surface area (Å²) < 4.78 is 0. The molecule has 3 atom stereocenters. The summed E-state index contributed by atoms with van der Waals surface area (Å²) in [6.45, 7) is 1.96. The number of fused-ring (bicyclic) bond motifs is 3. The van der Waals surface area contributed by atoms with Crippen molar-refractivity contribution < 1.29 is 5.11 Å². The van der Waals surface area contributed by atoms with E-state index in [9.17, 15) is 10.4 Å². The highest BCUT2D eigenvalue weighted by atomic mass is 16.3. The molecular weight excluding hydrogens is 272 g/mol. The Balaban J connectivity index is 1.85. The van der Waals surface area contributed by atoms with Crippen LogP contribution in [0.25, 0.3) is 10.8 Å². The molecule has 112 valence electrons. The molecule has 2 aromatic rings. The highest BCUT2D eigenvalue weighted by Crippen LogP contribution is 2.45. The Morgan fingerprint density at radius 2 is 1.73 bits per heavy atom. The Kier molecular flexibility index (Phi) is 2.92. The highest BCUT2D eigenvalue weighted by molar-refractivity contribution is 5.98. The molecule has 0 radical (unpaired) electrons. The monoisotopic (exact) mass is 292 g/mol. The van der Waals surface area contributed by atoms with Crippen molar-refractivity contribution in [1.29, 1.82) is 5.26 Å². The average molecular weight is 292 g/mol. The molecule has 2 aliphatic rings. The lowest BCUT2D eigenvalue weighted by Crippen LogP contribution is -2.49. The number of nitriles is 1. The van der Waals surface area contributed by atoms with Gasteiger partial charge in [0.25, 0.3) is 0 Å². The topological polar surface area (TPSA) is 47.3 Å². The molecule has 2 aromatic carbocycles. The summed E-state index contributed by atoms with van der Waals surface area (Å²) in [6, 6.07) is 15.3. The van der Waals surface area contributed by atoms with E-state index >= 15 is 0 Å². The molecule has 2 aliphatic heterocycles. The van der Waals surface area contributed by atoms with E-state index in [0.717, 1.165) is 42.0 Å². The van der Waals surface area contributed by atoms with Crippen LogP contribution in [0, 0.1) is 11.3 Å². The third kappa shape index (κ3) is 1.99. The maximum absolute atomic E-state index is 10.4. The van der Waals surface area contributed by atoms with Gasteiger partial charge in [-0.2, -0.15) is 5.26 Å². The minimum absolute atomic E-state index is 0.407. The van der Waals surface area contributed by atoms with Crippen LogP contribution in [-0.2, 0) is 0 Å². The van der Waals surface area contributed by atoms with Gasteiger partial charge in [0.1, 0.15) is 0 Å². The Labute approximate surface area is 130 Å². The van der Waals surface area contributed by atoms with E-state index in [-0.39, 0.29) is 0 Å². The summed E-state index contributed by atoms with van der Waals surface area (Å²) in [6.07, 6.45) is 3.96. The van der Waals surface area contributed by atoms with Crippen LogP contribution < -0.4 is 4.90 Å². The van der Waals surface area contributed by atoms with Gasteiger partial charge in [-0.05, 0) is 44.7 Å². The van der Waals surface area contributed by atoms with Crippen LogP contribution in [0.15, 0.2) is 36.4 Å². The number of rotatable bonds is 1. The molecule has 0 aliphatic carbocycles. The molecule has 2 fully saturated rings. The first kappa shape index (κ1) is 13.6. The number of anilines is 1. The summed E-state index contributed by atoms with van der Waals surface area (Å²) in [5.41, 5.74) is 1.42. The molecule has 0 amide bonds. The summed E-state index contributed by atoms with van der Waals surface area (Å²) >= 11 is 0. The Hall–Kier alpha value is -2.05. The van der Waals surface area contributed by atoms with Gasteiger partial charge in [-0.3, -0.25) is 0 Å². The highest BCUT2D eigenvalue weighted by Gasteiger charge is 2.45. The fourth-order valence-electron chi connectivity index (χ4n) is 4.46. The molecule has 1 N–H and O–H groups in total. The van der Waals surface area contributed by atoms with Gasteiger partial charge >= 0.3 is 0 Å². The quantitative estimate of drug-likeness (QED) is 0.873. The van der Waals surface area contributed by atoms with Gasteiger partial charge in [0.05, 0.1) is 17.2 Å². The fraction of sp³-hybridized carbons (Fsp3) is 0.421. The number of benzene rings is 2. The van der Waals surface area contributed by atoms with Crippen LogP contribution in [0.4, 0.5) is 5.69 Å². The van der Waals surface area contributed by atoms with E-state index < -0.39 is 5.60 Å².